The number of rotatable bonds is 5. The third-order valence-electron chi connectivity index (χ3n) is 3.20. The number of hydrogen-bond donors (Lipinski definition) is 2. The average Bonchev–Trinajstić information content (AvgIpc) is 2.76. The molecule has 0 amide bonds. The Morgan fingerprint density at radius 2 is 2.39 bits per heavy atom. The van der Waals surface area contributed by atoms with Gasteiger partial charge in [0, 0.05) is 16.7 Å². The second-order valence-electron chi connectivity index (χ2n) is 4.52. The first-order chi connectivity index (χ1) is 8.69. The maximum absolute atomic E-state index is 10.6. The summed E-state index contributed by atoms with van der Waals surface area (Å²) in [7, 11) is 0. The van der Waals surface area contributed by atoms with E-state index in [0.29, 0.717) is 17.0 Å². The molecule has 1 aromatic heterocycles. The van der Waals surface area contributed by atoms with Crippen molar-refractivity contribution < 1.29 is 9.90 Å². The van der Waals surface area contributed by atoms with E-state index in [9.17, 15) is 4.79 Å². The van der Waals surface area contributed by atoms with Crippen molar-refractivity contribution in [2.75, 3.05) is 11.6 Å². The van der Waals surface area contributed by atoms with Crippen LogP contribution in [-0.2, 0) is 11.2 Å². The molecule has 1 aliphatic rings. The van der Waals surface area contributed by atoms with Crippen LogP contribution in [0, 0.1) is 0 Å². The minimum Gasteiger partial charge on any atom is -0.481 e. The molecule has 0 bridgehead atoms. The Morgan fingerprint density at radius 1 is 1.61 bits per heavy atom. The van der Waals surface area contributed by atoms with Crippen LogP contribution in [0.3, 0.4) is 0 Å². The molecule has 0 spiro atoms. The van der Waals surface area contributed by atoms with Crippen molar-refractivity contribution in [3.8, 4) is 0 Å². The van der Waals surface area contributed by atoms with Gasteiger partial charge in [-0.3, -0.25) is 4.79 Å². The Kier molecular flexibility index (Phi) is 4.88. The number of hydrogen-bond acceptors (Lipinski definition) is 5. The summed E-state index contributed by atoms with van der Waals surface area (Å²) in [5.74, 6) is -0.827. The summed E-state index contributed by atoms with van der Waals surface area (Å²) < 4.78 is 0. The predicted molar refractivity (Wildman–Crippen MR) is 76.6 cm³/mol. The zero-order valence-corrected chi connectivity index (χ0v) is 12.0. The Hall–Kier alpha value is -0.750. The molecule has 4 nitrogen and oxygen atoms in total. The second kappa shape index (κ2) is 6.43. The zero-order chi connectivity index (χ0) is 13.0. The fourth-order valence-electron chi connectivity index (χ4n) is 2.31. The second-order valence-corrected chi connectivity index (χ2v) is 6.46. The fraction of sp³-hybridized carbons (Fsp3) is 0.667. The third-order valence-corrected chi connectivity index (χ3v) is 5.19. The van der Waals surface area contributed by atoms with Gasteiger partial charge in [-0.05, 0) is 19.1 Å². The van der Waals surface area contributed by atoms with E-state index >= 15 is 0 Å². The normalized spacial score (nSPS) is 23.8. The lowest BCUT2D eigenvalue weighted by Gasteiger charge is -2.30. The van der Waals surface area contributed by atoms with Crippen molar-refractivity contribution in [1.29, 1.82) is 0 Å². The van der Waals surface area contributed by atoms with Crippen LogP contribution in [0.2, 0.25) is 0 Å². The molecule has 2 N–H and O–H groups in total. The Bertz CT molecular complexity index is 409. The van der Waals surface area contributed by atoms with E-state index in [-0.39, 0.29) is 6.42 Å². The monoisotopic (exact) mass is 286 g/mol. The number of thiazole rings is 1. The smallest absolute Gasteiger partial charge is 0.309 e. The van der Waals surface area contributed by atoms with Gasteiger partial charge < -0.3 is 10.4 Å². The van der Waals surface area contributed by atoms with Gasteiger partial charge in [0.05, 0.1) is 12.1 Å². The van der Waals surface area contributed by atoms with Crippen LogP contribution in [0.25, 0.3) is 0 Å². The predicted octanol–water partition coefficient (Wildman–Crippen LogP) is 2.86. The number of anilines is 1. The Morgan fingerprint density at radius 3 is 3.11 bits per heavy atom. The number of carboxylic acid groups (broad SMARTS) is 1. The van der Waals surface area contributed by atoms with Gasteiger partial charge in [-0.2, -0.15) is 11.8 Å². The molecule has 2 atom stereocenters. The average molecular weight is 286 g/mol. The molecule has 0 saturated heterocycles. The van der Waals surface area contributed by atoms with Crippen molar-refractivity contribution in [3.05, 3.63) is 11.1 Å². The number of nitrogens with zero attached hydrogens (tertiary/aromatic N) is 1. The summed E-state index contributed by atoms with van der Waals surface area (Å²) in [6.45, 7) is 0. The highest BCUT2D eigenvalue weighted by Crippen LogP contribution is 2.30. The molecule has 1 heterocycles. The maximum atomic E-state index is 10.6. The van der Waals surface area contributed by atoms with Gasteiger partial charge in [0.25, 0.3) is 0 Å². The fourth-order valence-corrected chi connectivity index (χ4v) is 4.02. The highest BCUT2D eigenvalue weighted by atomic mass is 32.2. The molecule has 1 aromatic rings. The van der Waals surface area contributed by atoms with E-state index in [1.165, 1.54) is 37.0 Å². The van der Waals surface area contributed by atoms with Gasteiger partial charge in [-0.25, -0.2) is 4.98 Å². The van der Waals surface area contributed by atoms with Crippen LogP contribution in [-0.4, -0.2) is 33.6 Å². The topological polar surface area (TPSA) is 62.2 Å². The quantitative estimate of drug-likeness (QED) is 0.871. The summed E-state index contributed by atoms with van der Waals surface area (Å²) in [5.41, 5.74) is 0.645. The van der Waals surface area contributed by atoms with Gasteiger partial charge >= 0.3 is 5.97 Å². The molecule has 1 aliphatic carbocycles. The van der Waals surface area contributed by atoms with Crippen molar-refractivity contribution in [2.45, 2.75) is 43.4 Å². The number of nitrogens with one attached hydrogen (secondary N) is 1. The van der Waals surface area contributed by atoms with E-state index in [1.807, 2.05) is 17.1 Å². The summed E-state index contributed by atoms with van der Waals surface area (Å²) in [6, 6.07) is 0.470. The minimum absolute atomic E-state index is 0.00873. The first-order valence-electron chi connectivity index (χ1n) is 6.14. The first kappa shape index (κ1) is 13.7. The highest BCUT2D eigenvalue weighted by molar-refractivity contribution is 7.99. The lowest BCUT2D eigenvalue weighted by Crippen LogP contribution is -2.34. The maximum Gasteiger partial charge on any atom is 0.309 e. The molecular formula is C12H18N2O2S2. The van der Waals surface area contributed by atoms with Gasteiger partial charge in [-0.1, -0.05) is 12.8 Å². The molecule has 2 rings (SSSR count). The minimum atomic E-state index is -0.827. The molecule has 1 fully saturated rings. The molecule has 0 radical (unpaired) electrons. The Balaban J connectivity index is 1.95. The first-order valence-corrected chi connectivity index (χ1v) is 8.31. The summed E-state index contributed by atoms with van der Waals surface area (Å²) in [4.78, 5) is 14.9. The third kappa shape index (κ3) is 3.62. The lowest BCUT2D eigenvalue weighted by atomic mass is 9.95. The van der Waals surface area contributed by atoms with Crippen LogP contribution in [0.15, 0.2) is 5.38 Å². The Labute approximate surface area is 115 Å². The van der Waals surface area contributed by atoms with E-state index in [2.05, 4.69) is 16.6 Å². The van der Waals surface area contributed by atoms with Crippen molar-refractivity contribution in [2.24, 2.45) is 0 Å². The van der Waals surface area contributed by atoms with E-state index < -0.39 is 5.97 Å². The summed E-state index contributed by atoms with van der Waals surface area (Å²) in [5, 5.41) is 15.5. The van der Waals surface area contributed by atoms with Crippen molar-refractivity contribution in [1.82, 2.24) is 4.98 Å². The van der Waals surface area contributed by atoms with Crippen molar-refractivity contribution in [3.63, 3.8) is 0 Å². The summed E-state index contributed by atoms with van der Waals surface area (Å²) >= 11 is 3.41. The standard InChI is InChI=1S/C12H18N2O2S2/c1-17-10-5-3-2-4-9(10)14-12-13-8(7-18-12)6-11(15)16/h7,9-10H,2-6H2,1H3,(H,13,14)(H,15,16). The number of carboxylic acids is 1. The number of thioether (sulfide) groups is 1. The number of carbonyl (C=O) groups is 1. The van der Waals surface area contributed by atoms with Gasteiger partial charge in [-0.15, -0.1) is 11.3 Å². The largest absolute Gasteiger partial charge is 0.481 e. The molecule has 100 valence electrons. The molecule has 0 aromatic carbocycles. The van der Waals surface area contributed by atoms with Crippen LogP contribution in [0.1, 0.15) is 31.4 Å². The lowest BCUT2D eigenvalue weighted by molar-refractivity contribution is -0.136. The zero-order valence-electron chi connectivity index (χ0n) is 10.4. The van der Waals surface area contributed by atoms with Crippen LogP contribution >= 0.6 is 23.1 Å². The molecule has 6 heteroatoms. The van der Waals surface area contributed by atoms with E-state index in [4.69, 9.17) is 5.11 Å². The number of aromatic nitrogens is 1. The molecule has 0 aliphatic heterocycles. The SMILES string of the molecule is CSC1CCCCC1Nc1nc(CC(=O)O)cs1. The van der Waals surface area contributed by atoms with E-state index in [1.54, 1.807) is 0 Å². The van der Waals surface area contributed by atoms with Gasteiger partial charge in [0.15, 0.2) is 5.13 Å². The summed E-state index contributed by atoms with van der Waals surface area (Å²) in [6.07, 6.45) is 7.18. The highest BCUT2D eigenvalue weighted by Gasteiger charge is 2.24. The van der Waals surface area contributed by atoms with Gasteiger partial charge in [0.1, 0.15) is 0 Å². The van der Waals surface area contributed by atoms with Crippen molar-refractivity contribution >= 4 is 34.2 Å². The molecule has 2 unspecified atom stereocenters. The van der Waals surface area contributed by atoms with Crippen LogP contribution in [0.4, 0.5) is 5.13 Å². The van der Waals surface area contributed by atoms with Gasteiger partial charge in [0.2, 0.25) is 0 Å². The molecule has 1 saturated carbocycles. The molecule has 18 heavy (non-hydrogen) atoms. The number of aliphatic carboxylic acids is 1. The molecular weight excluding hydrogens is 268 g/mol. The van der Waals surface area contributed by atoms with Crippen LogP contribution < -0.4 is 5.32 Å². The van der Waals surface area contributed by atoms with E-state index in [0.717, 1.165) is 5.13 Å². The van der Waals surface area contributed by atoms with Crippen LogP contribution in [0.5, 0.6) is 0 Å².